The van der Waals surface area contributed by atoms with Gasteiger partial charge in [0, 0.05) is 13.1 Å². The van der Waals surface area contributed by atoms with Gasteiger partial charge in [0.05, 0.1) is 12.1 Å². The smallest absolute Gasteiger partial charge is 0.407 e. The number of likely N-dealkylation sites (tertiary alicyclic amines) is 1. The first-order chi connectivity index (χ1) is 8.23. The van der Waals surface area contributed by atoms with Gasteiger partial charge in [-0.3, -0.25) is 4.90 Å². The molecule has 1 rings (SSSR count). The Morgan fingerprint density at radius 3 is 2.56 bits per heavy atom. The van der Waals surface area contributed by atoms with Gasteiger partial charge in [-0.2, -0.15) is 0 Å². The van der Waals surface area contributed by atoms with Crippen molar-refractivity contribution in [2.24, 2.45) is 10.9 Å². The number of nitrogens with two attached hydrogens (primary N) is 1. The standard InChI is InChI=1S/C11H22N4O3/c1-7(9(12)14-17)15-5-8(6-15)13-10(16)18-11(2,3)4/h7-8,17H,5-6H2,1-4H3,(H2,12,14)(H,13,16). The fraction of sp³-hybridized carbons (Fsp3) is 0.818. The summed E-state index contributed by atoms with van der Waals surface area (Å²) >= 11 is 0. The third-order valence-corrected chi connectivity index (χ3v) is 2.72. The molecule has 0 aliphatic carbocycles. The van der Waals surface area contributed by atoms with Gasteiger partial charge >= 0.3 is 6.09 Å². The molecule has 18 heavy (non-hydrogen) atoms. The van der Waals surface area contributed by atoms with E-state index in [1.807, 2.05) is 32.6 Å². The molecular weight excluding hydrogens is 236 g/mol. The molecule has 1 atom stereocenters. The van der Waals surface area contributed by atoms with Crippen LogP contribution in [0.25, 0.3) is 0 Å². The predicted molar refractivity (Wildman–Crippen MR) is 67.6 cm³/mol. The molecule has 1 aliphatic heterocycles. The van der Waals surface area contributed by atoms with E-state index in [9.17, 15) is 4.79 Å². The number of amidine groups is 1. The van der Waals surface area contributed by atoms with Crippen molar-refractivity contribution in [3.8, 4) is 0 Å². The lowest BCUT2D eigenvalue weighted by molar-refractivity contribution is 0.0382. The van der Waals surface area contributed by atoms with Crippen molar-refractivity contribution in [1.29, 1.82) is 0 Å². The Morgan fingerprint density at radius 2 is 2.11 bits per heavy atom. The normalized spacial score (nSPS) is 20.1. The summed E-state index contributed by atoms with van der Waals surface area (Å²) < 4.78 is 5.15. The topological polar surface area (TPSA) is 100 Å². The van der Waals surface area contributed by atoms with E-state index < -0.39 is 11.7 Å². The summed E-state index contributed by atoms with van der Waals surface area (Å²) in [7, 11) is 0. The molecule has 1 amide bonds. The van der Waals surface area contributed by atoms with Gasteiger partial charge in [0.1, 0.15) is 5.60 Å². The molecule has 0 bridgehead atoms. The van der Waals surface area contributed by atoms with Crippen LogP contribution in [0.5, 0.6) is 0 Å². The van der Waals surface area contributed by atoms with E-state index in [4.69, 9.17) is 15.7 Å². The molecule has 1 fully saturated rings. The highest BCUT2D eigenvalue weighted by Crippen LogP contribution is 2.13. The highest BCUT2D eigenvalue weighted by Gasteiger charge is 2.33. The van der Waals surface area contributed by atoms with Crippen LogP contribution in [0.1, 0.15) is 27.7 Å². The number of carbonyl (C=O) groups excluding carboxylic acids is 1. The second-order valence-corrected chi connectivity index (χ2v) is 5.50. The Kier molecular flexibility index (Phi) is 4.39. The first-order valence-corrected chi connectivity index (χ1v) is 5.94. The van der Waals surface area contributed by atoms with Gasteiger partial charge in [-0.1, -0.05) is 5.16 Å². The summed E-state index contributed by atoms with van der Waals surface area (Å²) in [5.74, 6) is 0.172. The maximum atomic E-state index is 11.5. The van der Waals surface area contributed by atoms with Crippen LogP contribution in [-0.2, 0) is 4.74 Å². The zero-order valence-corrected chi connectivity index (χ0v) is 11.3. The Morgan fingerprint density at radius 1 is 1.56 bits per heavy atom. The van der Waals surface area contributed by atoms with E-state index in [1.165, 1.54) is 0 Å². The molecule has 0 aromatic heterocycles. The maximum absolute atomic E-state index is 11.5. The fourth-order valence-corrected chi connectivity index (χ4v) is 1.67. The van der Waals surface area contributed by atoms with Gasteiger partial charge in [0.15, 0.2) is 5.84 Å². The molecule has 0 aromatic carbocycles. The Bertz CT molecular complexity index is 332. The quantitative estimate of drug-likeness (QED) is 0.293. The van der Waals surface area contributed by atoms with Crippen LogP contribution in [0.3, 0.4) is 0 Å². The van der Waals surface area contributed by atoms with E-state index in [-0.39, 0.29) is 17.9 Å². The molecule has 0 aromatic rings. The van der Waals surface area contributed by atoms with Crippen LogP contribution >= 0.6 is 0 Å². The monoisotopic (exact) mass is 258 g/mol. The van der Waals surface area contributed by atoms with E-state index in [0.717, 1.165) is 0 Å². The molecule has 1 aliphatic rings. The molecule has 4 N–H and O–H groups in total. The lowest BCUT2D eigenvalue weighted by atomic mass is 10.1. The number of nitrogens with one attached hydrogen (secondary N) is 1. The lowest BCUT2D eigenvalue weighted by Crippen LogP contribution is -2.64. The van der Waals surface area contributed by atoms with Gasteiger partial charge in [-0.05, 0) is 27.7 Å². The molecule has 0 spiro atoms. The minimum atomic E-state index is -0.491. The second-order valence-electron chi connectivity index (χ2n) is 5.50. The summed E-state index contributed by atoms with van der Waals surface area (Å²) in [5.41, 5.74) is 5.01. The first kappa shape index (κ1) is 14.6. The molecule has 0 radical (unpaired) electrons. The molecule has 0 saturated carbocycles. The average molecular weight is 258 g/mol. The molecule has 7 nitrogen and oxygen atoms in total. The number of oxime groups is 1. The van der Waals surface area contributed by atoms with Crippen LogP contribution in [-0.4, -0.2) is 52.8 Å². The number of nitrogens with zero attached hydrogens (tertiary/aromatic N) is 2. The fourth-order valence-electron chi connectivity index (χ4n) is 1.67. The van der Waals surface area contributed by atoms with Crippen molar-refractivity contribution in [3.63, 3.8) is 0 Å². The van der Waals surface area contributed by atoms with Gasteiger partial charge < -0.3 is 21.0 Å². The average Bonchev–Trinajstić information content (AvgIpc) is 2.18. The Balaban J connectivity index is 2.29. The number of carbonyl (C=O) groups is 1. The highest BCUT2D eigenvalue weighted by atomic mass is 16.6. The first-order valence-electron chi connectivity index (χ1n) is 5.94. The number of ether oxygens (including phenoxy) is 1. The van der Waals surface area contributed by atoms with Gasteiger partial charge in [-0.25, -0.2) is 4.79 Å². The van der Waals surface area contributed by atoms with Crippen molar-refractivity contribution in [2.45, 2.75) is 45.4 Å². The molecule has 1 unspecified atom stereocenters. The number of rotatable bonds is 3. The molecule has 7 heteroatoms. The van der Waals surface area contributed by atoms with Crippen LogP contribution in [0.15, 0.2) is 5.16 Å². The van der Waals surface area contributed by atoms with Crippen LogP contribution < -0.4 is 11.1 Å². The van der Waals surface area contributed by atoms with Crippen LogP contribution in [0, 0.1) is 0 Å². The van der Waals surface area contributed by atoms with Crippen molar-refractivity contribution in [3.05, 3.63) is 0 Å². The third-order valence-electron chi connectivity index (χ3n) is 2.72. The molecular formula is C11H22N4O3. The molecule has 1 heterocycles. The van der Waals surface area contributed by atoms with E-state index in [2.05, 4.69) is 10.5 Å². The number of amides is 1. The van der Waals surface area contributed by atoms with Crippen molar-refractivity contribution >= 4 is 11.9 Å². The van der Waals surface area contributed by atoms with E-state index in [1.54, 1.807) is 0 Å². The Hall–Kier alpha value is -1.50. The summed E-state index contributed by atoms with van der Waals surface area (Å²) in [6, 6.07) is -0.0829. The zero-order valence-electron chi connectivity index (χ0n) is 11.3. The van der Waals surface area contributed by atoms with Crippen LogP contribution in [0.2, 0.25) is 0 Å². The van der Waals surface area contributed by atoms with Crippen molar-refractivity contribution < 1.29 is 14.7 Å². The van der Waals surface area contributed by atoms with Crippen molar-refractivity contribution in [2.75, 3.05) is 13.1 Å². The molecule has 1 saturated heterocycles. The Labute approximate surface area is 107 Å². The summed E-state index contributed by atoms with van der Waals surface area (Å²) in [6.07, 6.45) is -0.413. The number of hydrogen-bond acceptors (Lipinski definition) is 5. The SMILES string of the molecule is CC(/C(N)=N/O)N1CC(NC(=O)OC(C)(C)C)C1. The highest BCUT2D eigenvalue weighted by molar-refractivity contribution is 5.84. The maximum Gasteiger partial charge on any atom is 0.407 e. The summed E-state index contributed by atoms with van der Waals surface area (Å²) in [4.78, 5) is 13.5. The minimum Gasteiger partial charge on any atom is -0.444 e. The second kappa shape index (κ2) is 5.43. The zero-order chi connectivity index (χ0) is 13.9. The van der Waals surface area contributed by atoms with Gasteiger partial charge in [-0.15, -0.1) is 0 Å². The van der Waals surface area contributed by atoms with Gasteiger partial charge in [0.25, 0.3) is 0 Å². The lowest BCUT2D eigenvalue weighted by Gasteiger charge is -2.42. The van der Waals surface area contributed by atoms with E-state index in [0.29, 0.717) is 13.1 Å². The predicted octanol–water partition coefficient (Wildman–Crippen LogP) is 0.330. The number of hydrogen-bond donors (Lipinski definition) is 3. The summed E-state index contributed by atoms with van der Waals surface area (Å²) in [6.45, 7) is 8.63. The largest absolute Gasteiger partial charge is 0.444 e. The van der Waals surface area contributed by atoms with Crippen LogP contribution in [0.4, 0.5) is 4.79 Å². The minimum absolute atomic E-state index is 0.0498. The van der Waals surface area contributed by atoms with Crippen molar-refractivity contribution in [1.82, 2.24) is 10.2 Å². The third kappa shape index (κ3) is 4.06. The summed E-state index contributed by atoms with van der Waals surface area (Å²) in [5, 5.41) is 14.3. The van der Waals surface area contributed by atoms with E-state index >= 15 is 0 Å². The van der Waals surface area contributed by atoms with Gasteiger partial charge in [0.2, 0.25) is 0 Å². The molecule has 104 valence electrons. The number of alkyl carbamates (subject to hydrolysis) is 1.